The van der Waals surface area contributed by atoms with Crippen molar-refractivity contribution in [1.29, 1.82) is 0 Å². The number of halogens is 1. The maximum Gasteiger partial charge on any atom is 0.273 e. The second-order valence-corrected chi connectivity index (χ2v) is 7.09. The van der Waals surface area contributed by atoms with Gasteiger partial charge in [0.05, 0.1) is 5.92 Å². The minimum Gasteiger partial charge on any atom is -0.369 e. The van der Waals surface area contributed by atoms with Crippen molar-refractivity contribution in [3.63, 3.8) is 0 Å². The van der Waals surface area contributed by atoms with Crippen molar-refractivity contribution in [3.8, 4) is 11.3 Å². The molecule has 0 unspecified atom stereocenters. The van der Waals surface area contributed by atoms with Gasteiger partial charge in [0.2, 0.25) is 5.91 Å². The van der Waals surface area contributed by atoms with Gasteiger partial charge in [0.1, 0.15) is 5.82 Å². The summed E-state index contributed by atoms with van der Waals surface area (Å²) in [5.74, 6) is -0.424. The van der Waals surface area contributed by atoms with E-state index in [-0.39, 0.29) is 29.2 Å². The van der Waals surface area contributed by atoms with E-state index in [4.69, 9.17) is 10.3 Å². The molecule has 0 radical (unpaired) electrons. The van der Waals surface area contributed by atoms with Crippen LogP contribution in [0.4, 0.5) is 4.39 Å². The number of carbonyl (C=O) groups excluding carboxylic acids is 2. The van der Waals surface area contributed by atoms with Crippen LogP contribution in [0.5, 0.6) is 0 Å². The Morgan fingerprint density at radius 2 is 2.04 bits per heavy atom. The monoisotopic (exact) mass is 388 g/mol. The number of hydrogen-bond donors (Lipinski definition) is 2. The fraction of sp³-hybridized carbons (Fsp3) is 0.450. The van der Waals surface area contributed by atoms with Gasteiger partial charge in [0, 0.05) is 24.7 Å². The predicted octanol–water partition coefficient (Wildman–Crippen LogP) is 2.19. The highest BCUT2D eigenvalue weighted by atomic mass is 19.1. The molecule has 2 aromatic rings. The lowest BCUT2D eigenvalue weighted by Gasteiger charge is -2.14. The Kier molecular flexibility index (Phi) is 6.76. The van der Waals surface area contributed by atoms with Crippen molar-refractivity contribution in [2.24, 2.45) is 11.7 Å². The van der Waals surface area contributed by atoms with Gasteiger partial charge in [0.25, 0.3) is 5.91 Å². The van der Waals surface area contributed by atoms with Gasteiger partial charge in [-0.3, -0.25) is 9.59 Å². The average molecular weight is 388 g/mol. The predicted molar refractivity (Wildman–Crippen MR) is 102 cm³/mol. The smallest absolute Gasteiger partial charge is 0.273 e. The first-order valence-electron chi connectivity index (χ1n) is 9.55. The highest BCUT2D eigenvalue weighted by Gasteiger charge is 2.25. The van der Waals surface area contributed by atoms with Gasteiger partial charge < -0.3 is 20.5 Å². The number of nitrogens with two attached hydrogens (primary N) is 1. The van der Waals surface area contributed by atoms with Gasteiger partial charge in [-0.25, -0.2) is 4.39 Å². The number of rotatable bonds is 9. The topological polar surface area (TPSA) is 101 Å². The second kappa shape index (κ2) is 9.45. The van der Waals surface area contributed by atoms with Crippen LogP contribution in [0.15, 0.2) is 34.9 Å². The number of amides is 2. The van der Waals surface area contributed by atoms with Gasteiger partial charge in [0.15, 0.2) is 11.5 Å². The number of benzene rings is 1. The van der Waals surface area contributed by atoms with E-state index < -0.39 is 0 Å². The lowest BCUT2D eigenvalue weighted by atomic mass is 10.1. The Balaban J connectivity index is 1.33. The molecule has 1 fully saturated rings. The molecule has 3 rings (SSSR count). The van der Waals surface area contributed by atoms with Crippen LogP contribution in [0.2, 0.25) is 0 Å². The fourth-order valence-corrected chi connectivity index (χ4v) is 3.33. The van der Waals surface area contributed by atoms with E-state index in [0.717, 1.165) is 45.3 Å². The van der Waals surface area contributed by atoms with Crippen molar-refractivity contribution < 1.29 is 18.5 Å². The highest BCUT2D eigenvalue weighted by Crippen LogP contribution is 2.20. The summed E-state index contributed by atoms with van der Waals surface area (Å²) in [6.07, 6.45) is 3.71. The van der Waals surface area contributed by atoms with Crippen LogP contribution >= 0.6 is 0 Å². The number of primary amides is 1. The van der Waals surface area contributed by atoms with E-state index in [1.807, 2.05) is 0 Å². The summed E-state index contributed by atoms with van der Waals surface area (Å²) >= 11 is 0. The molecular formula is C20H25FN4O3. The first kappa shape index (κ1) is 20.0. The molecule has 1 aromatic carbocycles. The zero-order valence-corrected chi connectivity index (χ0v) is 15.7. The summed E-state index contributed by atoms with van der Waals surface area (Å²) in [7, 11) is 0. The quantitative estimate of drug-likeness (QED) is 0.641. The van der Waals surface area contributed by atoms with E-state index >= 15 is 0 Å². The van der Waals surface area contributed by atoms with Crippen molar-refractivity contribution in [2.45, 2.75) is 25.7 Å². The molecule has 0 bridgehead atoms. The molecule has 2 amide bonds. The van der Waals surface area contributed by atoms with E-state index in [1.165, 1.54) is 12.1 Å². The molecule has 1 aliphatic heterocycles. The summed E-state index contributed by atoms with van der Waals surface area (Å²) in [6, 6.07) is 7.35. The van der Waals surface area contributed by atoms with Crippen molar-refractivity contribution in [2.75, 3.05) is 26.2 Å². The van der Waals surface area contributed by atoms with Crippen LogP contribution < -0.4 is 11.1 Å². The maximum absolute atomic E-state index is 13.0. The molecule has 1 aromatic heterocycles. The molecule has 8 heteroatoms. The maximum atomic E-state index is 13.0. The molecule has 150 valence electrons. The Bertz CT molecular complexity index is 806. The third kappa shape index (κ3) is 5.39. The fourth-order valence-electron chi connectivity index (χ4n) is 3.33. The molecule has 1 saturated heterocycles. The van der Waals surface area contributed by atoms with Crippen LogP contribution in [0.1, 0.15) is 36.2 Å². The van der Waals surface area contributed by atoms with E-state index in [1.54, 1.807) is 18.2 Å². The summed E-state index contributed by atoms with van der Waals surface area (Å²) in [6.45, 7) is 3.19. The molecule has 0 aliphatic carbocycles. The number of hydrogen-bond acceptors (Lipinski definition) is 5. The van der Waals surface area contributed by atoms with Gasteiger partial charge in [-0.2, -0.15) is 0 Å². The molecule has 28 heavy (non-hydrogen) atoms. The minimum absolute atomic E-state index is 0.0125. The summed E-state index contributed by atoms with van der Waals surface area (Å²) < 4.78 is 18.1. The lowest BCUT2D eigenvalue weighted by Crippen LogP contribution is -2.28. The summed E-state index contributed by atoms with van der Waals surface area (Å²) in [5, 5.41) is 6.61. The molecule has 2 heterocycles. The summed E-state index contributed by atoms with van der Waals surface area (Å²) in [4.78, 5) is 25.6. The van der Waals surface area contributed by atoms with E-state index in [0.29, 0.717) is 17.9 Å². The Labute approximate surface area is 163 Å². The first-order chi connectivity index (χ1) is 13.5. The van der Waals surface area contributed by atoms with E-state index in [2.05, 4.69) is 15.4 Å². The number of unbranched alkanes of at least 4 members (excludes halogenated alkanes) is 2. The lowest BCUT2D eigenvalue weighted by molar-refractivity contribution is -0.121. The molecule has 7 nitrogen and oxygen atoms in total. The largest absolute Gasteiger partial charge is 0.369 e. The number of likely N-dealkylation sites (tertiary alicyclic amines) is 1. The van der Waals surface area contributed by atoms with Crippen molar-refractivity contribution in [3.05, 3.63) is 41.8 Å². The van der Waals surface area contributed by atoms with Gasteiger partial charge in [-0.05, 0) is 56.6 Å². The minimum atomic E-state index is -0.335. The Hall–Kier alpha value is -2.74. The number of aromatic nitrogens is 1. The van der Waals surface area contributed by atoms with Crippen LogP contribution in [-0.2, 0) is 4.79 Å². The Morgan fingerprint density at radius 1 is 1.25 bits per heavy atom. The second-order valence-electron chi connectivity index (χ2n) is 7.09. The normalized spacial score (nSPS) is 17.0. The standard InChI is InChI=1S/C20H25FN4O3/c21-16-6-4-14(5-7-16)18-12-17(24-28-18)20(27)23-9-2-1-3-10-25-11-8-15(13-25)19(22)26/h4-7,12,15H,1-3,8-11,13H2,(H2,22,26)(H,23,27)/t15-/m0/s1. The van der Waals surface area contributed by atoms with Crippen LogP contribution in [0, 0.1) is 11.7 Å². The third-order valence-electron chi connectivity index (χ3n) is 4.98. The Morgan fingerprint density at radius 3 is 2.75 bits per heavy atom. The van der Waals surface area contributed by atoms with Crippen LogP contribution in [0.25, 0.3) is 11.3 Å². The van der Waals surface area contributed by atoms with Gasteiger partial charge in [-0.1, -0.05) is 11.6 Å². The zero-order valence-electron chi connectivity index (χ0n) is 15.7. The van der Waals surface area contributed by atoms with Crippen molar-refractivity contribution >= 4 is 11.8 Å². The zero-order chi connectivity index (χ0) is 19.9. The summed E-state index contributed by atoms with van der Waals surface area (Å²) in [5.41, 5.74) is 6.20. The SMILES string of the molecule is NC(=O)[C@H]1CCN(CCCCCNC(=O)c2cc(-c3ccc(F)cc3)on2)C1. The molecule has 0 spiro atoms. The first-order valence-corrected chi connectivity index (χ1v) is 9.55. The van der Waals surface area contributed by atoms with Crippen LogP contribution in [0.3, 0.4) is 0 Å². The van der Waals surface area contributed by atoms with Gasteiger partial charge >= 0.3 is 0 Å². The van der Waals surface area contributed by atoms with Gasteiger partial charge in [-0.15, -0.1) is 0 Å². The molecule has 1 atom stereocenters. The molecule has 3 N–H and O–H groups in total. The van der Waals surface area contributed by atoms with Crippen LogP contribution in [-0.4, -0.2) is 48.0 Å². The highest BCUT2D eigenvalue weighted by molar-refractivity contribution is 5.93. The van der Waals surface area contributed by atoms with E-state index in [9.17, 15) is 14.0 Å². The number of carbonyl (C=O) groups is 2. The molecule has 0 saturated carbocycles. The number of nitrogens with zero attached hydrogens (tertiary/aromatic N) is 2. The molecular weight excluding hydrogens is 363 g/mol. The third-order valence-corrected chi connectivity index (χ3v) is 4.98. The van der Waals surface area contributed by atoms with Crippen molar-refractivity contribution in [1.82, 2.24) is 15.4 Å². The average Bonchev–Trinajstić information content (AvgIpc) is 3.35. The molecule has 1 aliphatic rings. The number of nitrogens with one attached hydrogen (secondary N) is 1.